The Kier molecular flexibility index (Phi) is 8.88. The summed E-state index contributed by atoms with van der Waals surface area (Å²) in [5.41, 5.74) is 1.86. The Morgan fingerprint density at radius 3 is 2.59 bits per heavy atom. The summed E-state index contributed by atoms with van der Waals surface area (Å²) >= 11 is 0. The van der Waals surface area contributed by atoms with Crippen LogP contribution in [0.5, 0.6) is 11.5 Å². The molecule has 1 amide bonds. The number of fused-ring (bicyclic) bond motifs is 2. The fourth-order valence-electron chi connectivity index (χ4n) is 7.05. The van der Waals surface area contributed by atoms with Gasteiger partial charge in [-0.3, -0.25) is 14.3 Å². The number of aliphatic hydroxyl groups is 1. The lowest BCUT2D eigenvalue weighted by Crippen LogP contribution is -2.50. The van der Waals surface area contributed by atoms with Crippen LogP contribution in [0.2, 0.25) is 0 Å². The van der Waals surface area contributed by atoms with Gasteiger partial charge in [0.15, 0.2) is 17.3 Å². The molecule has 1 saturated carbocycles. The fourth-order valence-corrected chi connectivity index (χ4v) is 7.05. The average Bonchev–Trinajstić information content (AvgIpc) is 3.01. The number of ether oxygens (including phenoxy) is 1. The van der Waals surface area contributed by atoms with Gasteiger partial charge < -0.3 is 25.4 Å². The summed E-state index contributed by atoms with van der Waals surface area (Å²) in [5, 5.41) is 16.1. The maximum atomic E-state index is 13.3. The number of aromatic nitrogens is 2. The minimum absolute atomic E-state index is 0.112. The third-order valence-electron chi connectivity index (χ3n) is 9.41. The van der Waals surface area contributed by atoms with Gasteiger partial charge in [-0.25, -0.2) is 4.79 Å². The normalized spacial score (nSPS) is 20.5. The molecule has 222 valence electrons. The van der Waals surface area contributed by atoms with Crippen LogP contribution in [-0.4, -0.2) is 82.3 Å². The molecule has 0 atom stereocenters. The first kappa shape index (κ1) is 28.2. The lowest BCUT2D eigenvalue weighted by molar-refractivity contribution is -0.135. The van der Waals surface area contributed by atoms with Crippen molar-refractivity contribution >= 4 is 17.4 Å². The van der Waals surface area contributed by atoms with Gasteiger partial charge in [0.2, 0.25) is 5.91 Å². The van der Waals surface area contributed by atoms with E-state index in [0.717, 1.165) is 89.0 Å². The summed E-state index contributed by atoms with van der Waals surface area (Å²) in [7, 11) is 0. The van der Waals surface area contributed by atoms with Crippen molar-refractivity contribution < 1.29 is 14.6 Å². The van der Waals surface area contributed by atoms with Crippen molar-refractivity contribution in [3.63, 3.8) is 0 Å². The third kappa shape index (κ3) is 6.44. The summed E-state index contributed by atoms with van der Waals surface area (Å²) in [6.07, 6.45) is 11.9. The molecule has 1 aromatic heterocycles. The van der Waals surface area contributed by atoms with Gasteiger partial charge in [-0.1, -0.05) is 25.3 Å². The number of benzene rings is 1. The molecule has 0 bridgehead atoms. The zero-order valence-corrected chi connectivity index (χ0v) is 24.0. The van der Waals surface area contributed by atoms with Crippen molar-refractivity contribution in [3.05, 3.63) is 40.4 Å². The van der Waals surface area contributed by atoms with Crippen molar-refractivity contribution in [3.8, 4) is 11.5 Å². The van der Waals surface area contributed by atoms with E-state index < -0.39 is 0 Å². The highest BCUT2D eigenvalue weighted by molar-refractivity contribution is 5.78. The molecule has 1 aromatic carbocycles. The van der Waals surface area contributed by atoms with E-state index in [1.54, 1.807) is 4.57 Å². The number of likely N-dealkylation sites (tertiary alicyclic amines) is 1. The van der Waals surface area contributed by atoms with Crippen LogP contribution in [-0.2, 0) is 4.79 Å². The van der Waals surface area contributed by atoms with E-state index >= 15 is 0 Å². The van der Waals surface area contributed by atoms with Crippen molar-refractivity contribution in [2.24, 2.45) is 0 Å². The van der Waals surface area contributed by atoms with Gasteiger partial charge in [0.05, 0.1) is 18.4 Å². The van der Waals surface area contributed by atoms with Gasteiger partial charge in [-0.15, -0.1) is 0 Å². The second kappa shape index (κ2) is 12.9. The zero-order valence-electron chi connectivity index (χ0n) is 24.0. The molecular formula is C31H44N6O4. The third-order valence-corrected chi connectivity index (χ3v) is 9.41. The molecular weight excluding hydrogens is 520 g/mol. The van der Waals surface area contributed by atoms with Gasteiger partial charge in [0, 0.05) is 25.2 Å². The number of anilines is 2. The van der Waals surface area contributed by atoms with Gasteiger partial charge >= 0.3 is 5.69 Å². The molecule has 0 radical (unpaired) electrons. The Morgan fingerprint density at radius 1 is 1.05 bits per heavy atom. The van der Waals surface area contributed by atoms with Crippen molar-refractivity contribution in [1.82, 2.24) is 24.7 Å². The second-order valence-corrected chi connectivity index (χ2v) is 12.1. The fraction of sp³-hybridized carbons (Fsp3) is 0.645. The molecule has 6 rings (SSSR count). The summed E-state index contributed by atoms with van der Waals surface area (Å²) in [6, 6.07) is 6.77. The van der Waals surface area contributed by atoms with Crippen molar-refractivity contribution in [2.75, 3.05) is 51.2 Å². The number of hydrogen-bond donors (Lipinski definition) is 3. The highest BCUT2D eigenvalue weighted by Gasteiger charge is 2.29. The average molecular weight is 565 g/mol. The van der Waals surface area contributed by atoms with Crippen LogP contribution in [0.15, 0.2) is 29.2 Å². The first-order chi connectivity index (χ1) is 20.1. The van der Waals surface area contributed by atoms with Gasteiger partial charge in [0.25, 0.3) is 0 Å². The zero-order chi connectivity index (χ0) is 28.2. The molecule has 3 fully saturated rings. The molecule has 41 heavy (non-hydrogen) atoms. The van der Waals surface area contributed by atoms with E-state index in [1.165, 1.54) is 12.0 Å². The molecule has 4 heterocycles. The van der Waals surface area contributed by atoms with E-state index in [4.69, 9.17) is 4.74 Å². The molecule has 2 aromatic rings. The van der Waals surface area contributed by atoms with E-state index in [9.17, 15) is 14.7 Å². The maximum Gasteiger partial charge on any atom is 0.350 e. The number of piperidine rings is 2. The SMILES string of the molecule is O=C(CN1CCC(c2ccc3c(c2)Nc2nc(=O)n(C4CCCCC4)cc2O3)CC1)N(CCCO)C1CCNCC1. The van der Waals surface area contributed by atoms with Crippen LogP contribution < -0.4 is 21.1 Å². The monoisotopic (exact) mass is 564 g/mol. The van der Waals surface area contributed by atoms with Crippen LogP contribution in [0.1, 0.15) is 81.7 Å². The largest absolute Gasteiger partial charge is 0.450 e. The lowest BCUT2D eigenvalue weighted by Gasteiger charge is -2.37. The van der Waals surface area contributed by atoms with Crippen LogP contribution in [0, 0.1) is 0 Å². The number of rotatable bonds is 8. The van der Waals surface area contributed by atoms with Crippen LogP contribution in [0.25, 0.3) is 0 Å². The topological polar surface area (TPSA) is 112 Å². The number of nitrogens with one attached hydrogen (secondary N) is 2. The van der Waals surface area contributed by atoms with Gasteiger partial charge in [-0.2, -0.15) is 4.98 Å². The minimum Gasteiger partial charge on any atom is -0.450 e. The number of carbonyl (C=O) groups is 1. The lowest BCUT2D eigenvalue weighted by atomic mass is 9.89. The molecule has 0 spiro atoms. The second-order valence-electron chi connectivity index (χ2n) is 12.1. The van der Waals surface area contributed by atoms with Crippen LogP contribution in [0.4, 0.5) is 11.5 Å². The van der Waals surface area contributed by atoms with E-state index in [1.807, 2.05) is 17.2 Å². The Balaban J connectivity index is 1.06. The molecule has 2 saturated heterocycles. The van der Waals surface area contributed by atoms with E-state index in [0.29, 0.717) is 37.0 Å². The Bertz CT molecular complexity index is 1260. The maximum absolute atomic E-state index is 13.3. The molecule has 3 aliphatic heterocycles. The number of hydrogen-bond acceptors (Lipinski definition) is 8. The van der Waals surface area contributed by atoms with Crippen LogP contribution >= 0.6 is 0 Å². The summed E-state index contributed by atoms with van der Waals surface area (Å²) in [6.45, 7) is 4.83. The Morgan fingerprint density at radius 2 is 1.83 bits per heavy atom. The number of aliphatic hydroxyl groups excluding tert-OH is 1. The minimum atomic E-state index is -0.219. The standard InChI is InChI=1S/C31H44N6O4/c38-18-4-15-36(25-9-13-32-14-10-25)29(39)21-35-16-11-22(12-17-35)23-7-8-27-26(19-23)33-30-28(41-27)20-37(31(40)34-30)24-5-2-1-3-6-24/h7-8,19-20,22,24-25,32,38H,1-6,9-18,21H2,(H,33,34,40). The molecule has 0 unspecified atom stereocenters. The number of nitrogens with zero attached hydrogens (tertiary/aromatic N) is 4. The summed E-state index contributed by atoms with van der Waals surface area (Å²) in [4.78, 5) is 34.8. The van der Waals surface area contributed by atoms with E-state index in [-0.39, 0.29) is 30.3 Å². The van der Waals surface area contributed by atoms with Crippen LogP contribution in [0.3, 0.4) is 0 Å². The number of carbonyl (C=O) groups excluding carboxylic acids is 1. The number of amides is 1. The summed E-state index contributed by atoms with van der Waals surface area (Å²) in [5.74, 6) is 2.43. The van der Waals surface area contributed by atoms with Crippen molar-refractivity contribution in [1.29, 1.82) is 0 Å². The summed E-state index contributed by atoms with van der Waals surface area (Å²) < 4.78 is 7.97. The van der Waals surface area contributed by atoms with Gasteiger partial charge in [-0.05, 0) is 94.7 Å². The van der Waals surface area contributed by atoms with Crippen molar-refractivity contribution in [2.45, 2.75) is 82.2 Å². The highest BCUT2D eigenvalue weighted by atomic mass is 16.5. The highest BCUT2D eigenvalue weighted by Crippen LogP contribution is 2.43. The first-order valence-electron chi connectivity index (χ1n) is 15.6. The Labute approximate surface area is 242 Å². The Hall–Kier alpha value is -2.95. The molecule has 3 N–H and O–H groups in total. The smallest absolute Gasteiger partial charge is 0.350 e. The molecule has 10 nitrogen and oxygen atoms in total. The molecule has 10 heteroatoms. The first-order valence-corrected chi connectivity index (χ1v) is 15.6. The molecule has 1 aliphatic carbocycles. The van der Waals surface area contributed by atoms with E-state index in [2.05, 4.69) is 32.7 Å². The predicted octanol–water partition coefficient (Wildman–Crippen LogP) is 3.74. The molecule has 4 aliphatic rings. The van der Waals surface area contributed by atoms with Gasteiger partial charge in [0.1, 0.15) is 0 Å². The predicted molar refractivity (Wildman–Crippen MR) is 158 cm³/mol. The quantitative estimate of drug-likeness (QED) is 0.380.